The Morgan fingerprint density at radius 2 is 1.84 bits per heavy atom. The van der Waals surface area contributed by atoms with Gasteiger partial charge in [0.1, 0.15) is 11.6 Å². The molecule has 4 aromatic rings. The van der Waals surface area contributed by atoms with Crippen molar-refractivity contribution < 1.29 is 13.6 Å². The van der Waals surface area contributed by atoms with Gasteiger partial charge in [0.25, 0.3) is 0 Å². The zero-order valence-electron chi connectivity index (χ0n) is 16.7. The van der Waals surface area contributed by atoms with E-state index in [1.54, 1.807) is 29.2 Å². The second kappa shape index (κ2) is 6.47. The molecule has 3 heterocycles. The van der Waals surface area contributed by atoms with Gasteiger partial charge in [-0.25, -0.2) is 18.7 Å². The molecule has 1 N–H and O–H groups in total. The lowest BCUT2D eigenvalue weighted by Crippen LogP contribution is -2.56. The van der Waals surface area contributed by atoms with Crippen LogP contribution in [0.5, 0.6) is 0 Å². The molecular weight excluding hydrogens is 400 g/mol. The Morgan fingerprint density at radius 3 is 2.52 bits per heavy atom. The number of amides is 1. The number of β-lactam (4-membered cyclic amide) rings is 1. The molecule has 1 amide bonds. The largest absolute Gasteiger partial charge is 0.345 e. The molecule has 8 heteroatoms. The standard InChI is InChI=1S/C23H19F2N5O/c1-12-9-29(11-28-12)15-6-16(24)21(17(25)7-15)22-20(13-2-3-13)23(31)30(22)14-4-5-18-19(8-14)27-10-26-18/h4-11,13,20,22H,2-3H2,1H3,(H,26,27). The average molecular weight is 419 g/mol. The summed E-state index contributed by atoms with van der Waals surface area (Å²) in [5.41, 5.74) is 3.19. The second-order valence-corrected chi connectivity index (χ2v) is 8.37. The number of nitrogens with zero attached hydrogens (tertiary/aromatic N) is 4. The molecule has 1 saturated carbocycles. The summed E-state index contributed by atoms with van der Waals surface area (Å²) in [5, 5.41) is 0. The van der Waals surface area contributed by atoms with Gasteiger partial charge in [-0.3, -0.25) is 4.79 Å². The SMILES string of the molecule is Cc1cn(-c2cc(F)c(C3C(C4CC4)C(=O)N3c3ccc4[nH]cnc4c3)c(F)c2)cn1. The first-order valence-electron chi connectivity index (χ1n) is 10.3. The molecule has 156 valence electrons. The van der Waals surface area contributed by atoms with Crippen LogP contribution in [0.2, 0.25) is 0 Å². The molecule has 6 nitrogen and oxygen atoms in total. The molecule has 2 unspecified atom stereocenters. The van der Waals surface area contributed by atoms with Gasteiger partial charge in [0.2, 0.25) is 5.91 Å². The number of H-pyrrole nitrogens is 1. The van der Waals surface area contributed by atoms with Crippen LogP contribution in [-0.4, -0.2) is 25.4 Å². The Balaban J connectivity index is 1.44. The maximum atomic E-state index is 15.3. The van der Waals surface area contributed by atoms with E-state index in [0.29, 0.717) is 16.9 Å². The van der Waals surface area contributed by atoms with Gasteiger partial charge in [-0.05, 0) is 56.0 Å². The van der Waals surface area contributed by atoms with Crippen molar-refractivity contribution in [2.24, 2.45) is 11.8 Å². The summed E-state index contributed by atoms with van der Waals surface area (Å²) in [6, 6.07) is 7.33. The van der Waals surface area contributed by atoms with Crippen LogP contribution in [0.4, 0.5) is 14.5 Å². The van der Waals surface area contributed by atoms with Gasteiger partial charge in [-0.1, -0.05) is 0 Å². The van der Waals surface area contributed by atoms with E-state index in [1.165, 1.54) is 23.4 Å². The fourth-order valence-corrected chi connectivity index (χ4v) is 4.66. The van der Waals surface area contributed by atoms with Crippen molar-refractivity contribution >= 4 is 22.6 Å². The van der Waals surface area contributed by atoms with E-state index in [-0.39, 0.29) is 17.4 Å². The van der Waals surface area contributed by atoms with Gasteiger partial charge < -0.3 is 14.5 Å². The predicted molar refractivity (Wildman–Crippen MR) is 111 cm³/mol. The lowest BCUT2D eigenvalue weighted by atomic mass is 9.78. The fraction of sp³-hybridized carbons (Fsp3) is 0.261. The zero-order chi connectivity index (χ0) is 21.3. The van der Waals surface area contributed by atoms with Gasteiger partial charge in [-0.15, -0.1) is 0 Å². The Bertz CT molecular complexity index is 1320. The van der Waals surface area contributed by atoms with Crippen LogP contribution in [0, 0.1) is 30.4 Å². The number of carbonyl (C=O) groups is 1. The normalized spacial score (nSPS) is 21.0. The summed E-state index contributed by atoms with van der Waals surface area (Å²) in [6.07, 6.45) is 6.63. The fourth-order valence-electron chi connectivity index (χ4n) is 4.66. The van der Waals surface area contributed by atoms with Crippen LogP contribution in [0.3, 0.4) is 0 Å². The van der Waals surface area contributed by atoms with Gasteiger partial charge in [0.15, 0.2) is 0 Å². The molecule has 1 aliphatic heterocycles. The smallest absolute Gasteiger partial charge is 0.233 e. The van der Waals surface area contributed by atoms with E-state index in [2.05, 4.69) is 15.0 Å². The summed E-state index contributed by atoms with van der Waals surface area (Å²) in [6.45, 7) is 1.81. The summed E-state index contributed by atoms with van der Waals surface area (Å²) in [5.74, 6) is -1.63. The minimum atomic E-state index is -0.671. The Hall–Kier alpha value is -3.55. The van der Waals surface area contributed by atoms with Gasteiger partial charge in [-0.2, -0.15) is 0 Å². The first-order valence-corrected chi connectivity index (χ1v) is 10.3. The average Bonchev–Trinajstić information content (AvgIpc) is 3.26. The molecule has 2 aromatic carbocycles. The number of nitrogens with one attached hydrogen (secondary N) is 1. The number of carbonyl (C=O) groups excluding carboxylic acids is 1. The molecule has 6 rings (SSSR count). The Morgan fingerprint density at radius 1 is 1.06 bits per heavy atom. The lowest BCUT2D eigenvalue weighted by molar-refractivity contribution is -0.131. The number of rotatable bonds is 4. The number of aryl methyl sites for hydroxylation is 1. The van der Waals surface area contributed by atoms with Crippen LogP contribution < -0.4 is 4.90 Å². The van der Waals surface area contributed by atoms with Crippen molar-refractivity contribution in [3.8, 4) is 5.69 Å². The molecule has 2 aromatic heterocycles. The molecule has 1 saturated heterocycles. The van der Waals surface area contributed by atoms with Crippen molar-refractivity contribution in [2.45, 2.75) is 25.8 Å². The topological polar surface area (TPSA) is 66.8 Å². The number of anilines is 1. The van der Waals surface area contributed by atoms with Gasteiger partial charge >= 0.3 is 0 Å². The van der Waals surface area contributed by atoms with Crippen molar-refractivity contribution in [3.05, 3.63) is 72.1 Å². The molecule has 0 bridgehead atoms. The highest BCUT2D eigenvalue weighted by atomic mass is 19.1. The summed E-state index contributed by atoms with van der Waals surface area (Å²) < 4.78 is 32.2. The number of aromatic nitrogens is 4. The van der Waals surface area contributed by atoms with E-state index >= 15 is 8.78 Å². The first kappa shape index (κ1) is 18.2. The van der Waals surface area contributed by atoms with Crippen LogP contribution in [0.1, 0.15) is 30.1 Å². The van der Waals surface area contributed by atoms with Crippen molar-refractivity contribution in [2.75, 3.05) is 4.90 Å². The van der Waals surface area contributed by atoms with E-state index in [4.69, 9.17) is 0 Å². The third kappa shape index (κ3) is 2.78. The highest BCUT2D eigenvalue weighted by molar-refractivity contribution is 6.04. The Kier molecular flexibility index (Phi) is 3.81. The number of imidazole rings is 2. The maximum absolute atomic E-state index is 15.3. The van der Waals surface area contributed by atoms with E-state index in [1.807, 2.05) is 13.0 Å². The molecule has 0 spiro atoms. The highest BCUT2D eigenvalue weighted by Crippen LogP contribution is 2.54. The Labute approximate surface area is 176 Å². The summed E-state index contributed by atoms with van der Waals surface area (Å²) in [4.78, 5) is 25.9. The number of halogens is 2. The van der Waals surface area contributed by atoms with Crippen LogP contribution in [-0.2, 0) is 4.79 Å². The van der Waals surface area contributed by atoms with Crippen molar-refractivity contribution in [1.82, 2.24) is 19.5 Å². The molecule has 2 fully saturated rings. The highest BCUT2D eigenvalue weighted by Gasteiger charge is 2.56. The molecular formula is C23H19F2N5O. The molecule has 1 aliphatic carbocycles. The summed E-state index contributed by atoms with van der Waals surface area (Å²) >= 11 is 0. The number of benzene rings is 2. The monoisotopic (exact) mass is 419 g/mol. The minimum Gasteiger partial charge on any atom is -0.345 e. The zero-order valence-corrected chi connectivity index (χ0v) is 16.7. The number of aromatic amines is 1. The van der Waals surface area contributed by atoms with E-state index in [0.717, 1.165) is 24.1 Å². The number of hydrogen-bond acceptors (Lipinski definition) is 3. The van der Waals surface area contributed by atoms with Gasteiger partial charge in [0.05, 0.1) is 47.0 Å². The van der Waals surface area contributed by atoms with E-state index in [9.17, 15) is 4.79 Å². The number of hydrogen-bond donors (Lipinski definition) is 1. The second-order valence-electron chi connectivity index (χ2n) is 8.37. The minimum absolute atomic E-state index is 0.0563. The van der Waals surface area contributed by atoms with Gasteiger partial charge in [0, 0.05) is 17.4 Å². The molecule has 0 radical (unpaired) electrons. The molecule has 2 atom stereocenters. The predicted octanol–water partition coefficient (Wildman–Crippen LogP) is 4.45. The quantitative estimate of drug-likeness (QED) is 0.497. The summed E-state index contributed by atoms with van der Waals surface area (Å²) in [7, 11) is 0. The maximum Gasteiger partial charge on any atom is 0.233 e. The van der Waals surface area contributed by atoms with Crippen LogP contribution in [0.25, 0.3) is 16.7 Å². The third-order valence-electron chi connectivity index (χ3n) is 6.32. The molecule has 2 aliphatic rings. The van der Waals surface area contributed by atoms with Crippen LogP contribution in [0.15, 0.2) is 49.2 Å². The number of fused-ring (bicyclic) bond motifs is 1. The lowest BCUT2D eigenvalue weighted by Gasteiger charge is -2.48. The third-order valence-corrected chi connectivity index (χ3v) is 6.32. The van der Waals surface area contributed by atoms with Crippen molar-refractivity contribution in [1.29, 1.82) is 0 Å². The van der Waals surface area contributed by atoms with E-state index < -0.39 is 23.6 Å². The van der Waals surface area contributed by atoms with Crippen LogP contribution >= 0.6 is 0 Å². The first-order chi connectivity index (χ1) is 15.0. The van der Waals surface area contributed by atoms with Crippen molar-refractivity contribution in [3.63, 3.8) is 0 Å². The molecule has 31 heavy (non-hydrogen) atoms.